The van der Waals surface area contributed by atoms with Gasteiger partial charge in [-0.2, -0.15) is 5.10 Å². The fourth-order valence-corrected chi connectivity index (χ4v) is 1.77. The van der Waals surface area contributed by atoms with Gasteiger partial charge >= 0.3 is 0 Å². The van der Waals surface area contributed by atoms with E-state index in [1.807, 2.05) is 20.8 Å². The lowest BCUT2D eigenvalue weighted by molar-refractivity contribution is -0.119. The van der Waals surface area contributed by atoms with Crippen molar-refractivity contribution < 1.29 is 4.79 Å². The molecule has 1 rings (SSSR count). The number of amides is 1. The number of carbonyl (C=O) groups excluding carboxylic acids is 1. The van der Waals surface area contributed by atoms with Crippen molar-refractivity contribution in [3.63, 3.8) is 0 Å². The Hall–Kier alpha value is -1.76. The minimum absolute atomic E-state index is 0.101. The quantitative estimate of drug-likeness (QED) is 0.664. The topological polar surface area (TPSA) is 92.9 Å². The van der Waals surface area contributed by atoms with Crippen molar-refractivity contribution in [2.45, 2.75) is 27.2 Å². The Labute approximate surface area is 118 Å². The smallest absolute Gasteiger partial charge is 0.239 e. The Morgan fingerprint density at radius 1 is 1.37 bits per heavy atom. The summed E-state index contributed by atoms with van der Waals surface area (Å²) in [6, 6.07) is 0. The normalized spacial score (nSPS) is 10.1. The van der Waals surface area contributed by atoms with Crippen LogP contribution in [0.1, 0.15) is 30.2 Å². The summed E-state index contributed by atoms with van der Waals surface area (Å²) < 4.78 is 0. The second-order valence-electron chi connectivity index (χ2n) is 4.20. The molecule has 19 heavy (non-hydrogen) atoms. The molecule has 0 atom stereocenters. The average molecular weight is 281 g/mol. The number of nitrogens with one attached hydrogen (secondary N) is 2. The summed E-state index contributed by atoms with van der Waals surface area (Å²) in [4.78, 5) is 11.8. The standard InChI is InChI=1S/C12H19N5OS/c1-4-5-14-9(18)6-15-12-10(11(13)19)7(2)8(3)16-17-12/h4-6H2,1-3H3,(H2,13,19)(H,14,18)(H,15,17). The molecule has 0 aromatic carbocycles. The largest absolute Gasteiger partial charge is 0.389 e. The molecule has 6 nitrogen and oxygen atoms in total. The minimum atomic E-state index is -0.101. The van der Waals surface area contributed by atoms with Crippen molar-refractivity contribution in [3.05, 3.63) is 16.8 Å². The summed E-state index contributed by atoms with van der Waals surface area (Å²) in [7, 11) is 0. The summed E-state index contributed by atoms with van der Waals surface area (Å²) in [5.41, 5.74) is 7.98. The molecule has 0 aliphatic carbocycles. The third-order valence-electron chi connectivity index (χ3n) is 2.69. The van der Waals surface area contributed by atoms with Crippen molar-refractivity contribution in [1.29, 1.82) is 0 Å². The van der Waals surface area contributed by atoms with Crippen LogP contribution in [0.2, 0.25) is 0 Å². The fraction of sp³-hybridized carbons (Fsp3) is 0.500. The highest BCUT2D eigenvalue weighted by molar-refractivity contribution is 7.80. The molecular weight excluding hydrogens is 262 g/mol. The van der Waals surface area contributed by atoms with E-state index in [-0.39, 0.29) is 17.4 Å². The first-order chi connectivity index (χ1) is 8.97. The van der Waals surface area contributed by atoms with E-state index in [0.29, 0.717) is 17.9 Å². The summed E-state index contributed by atoms with van der Waals surface area (Å²) in [5, 5.41) is 13.7. The van der Waals surface area contributed by atoms with Crippen LogP contribution < -0.4 is 16.4 Å². The van der Waals surface area contributed by atoms with Crippen LogP contribution in [0.25, 0.3) is 0 Å². The predicted molar refractivity (Wildman–Crippen MR) is 79.2 cm³/mol. The lowest BCUT2D eigenvalue weighted by Gasteiger charge is -2.13. The molecule has 0 saturated heterocycles. The first-order valence-corrected chi connectivity index (χ1v) is 6.52. The number of rotatable bonds is 6. The number of anilines is 1. The van der Waals surface area contributed by atoms with E-state index in [0.717, 1.165) is 17.7 Å². The third-order valence-corrected chi connectivity index (χ3v) is 2.89. The van der Waals surface area contributed by atoms with Gasteiger partial charge in [-0.05, 0) is 25.8 Å². The maximum absolute atomic E-state index is 11.5. The maximum Gasteiger partial charge on any atom is 0.239 e. The number of hydrogen-bond acceptors (Lipinski definition) is 5. The summed E-state index contributed by atoms with van der Waals surface area (Å²) >= 11 is 5.02. The number of nitrogens with zero attached hydrogens (tertiary/aromatic N) is 2. The molecule has 0 saturated carbocycles. The molecule has 0 aliphatic rings. The van der Waals surface area contributed by atoms with Crippen LogP contribution in [0.5, 0.6) is 0 Å². The van der Waals surface area contributed by atoms with Crippen LogP contribution in [0.3, 0.4) is 0 Å². The van der Waals surface area contributed by atoms with Gasteiger partial charge in [-0.1, -0.05) is 19.1 Å². The van der Waals surface area contributed by atoms with Gasteiger partial charge in [0.1, 0.15) is 4.99 Å². The van der Waals surface area contributed by atoms with E-state index in [1.165, 1.54) is 0 Å². The van der Waals surface area contributed by atoms with Gasteiger partial charge < -0.3 is 16.4 Å². The van der Waals surface area contributed by atoms with E-state index in [2.05, 4.69) is 20.8 Å². The highest BCUT2D eigenvalue weighted by Crippen LogP contribution is 2.17. The molecule has 0 spiro atoms. The molecule has 1 amide bonds. The number of nitrogens with two attached hydrogens (primary N) is 1. The third kappa shape index (κ3) is 4.13. The maximum atomic E-state index is 11.5. The van der Waals surface area contributed by atoms with Gasteiger partial charge in [0.2, 0.25) is 5.91 Å². The molecule has 0 aliphatic heterocycles. The minimum Gasteiger partial charge on any atom is -0.389 e. The summed E-state index contributed by atoms with van der Waals surface area (Å²) in [6.45, 7) is 6.48. The molecule has 1 aromatic heterocycles. The lowest BCUT2D eigenvalue weighted by atomic mass is 10.1. The van der Waals surface area contributed by atoms with Gasteiger partial charge in [-0.15, -0.1) is 5.10 Å². The van der Waals surface area contributed by atoms with Crippen LogP contribution >= 0.6 is 12.2 Å². The van der Waals surface area contributed by atoms with Crippen LogP contribution in [-0.4, -0.2) is 34.2 Å². The van der Waals surface area contributed by atoms with Crippen LogP contribution in [0.4, 0.5) is 5.82 Å². The van der Waals surface area contributed by atoms with E-state index >= 15 is 0 Å². The Morgan fingerprint density at radius 2 is 2.05 bits per heavy atom. The van der Waals surface area contributed by atoms with E-state index in [1.54, 1.807) is 0 Å². The molecule has 0 unspecified atom stereocenters. The van der Waals surface area contributed by atoms with Gasteiger partial charge in [0.15, 0.2) is 5.82 Å². The number of hydrogen-bond donors (Lipinski definition) is 3. The lowest BCUT2D eigenvalue weighted by Crippen LogP contribution is -2.31. The van der Waals surface area contributed by atoms with Crippen molar-refractivity contribution in [1.82, 2.24) is 15.5 Å². The number of thiocarbonyl (C=S) groups is 1. The SMILES string of the molecule is CCCNC(=O)CNc1nnc(C)c(C)c1C(N)=S. The van der Waals surface area contributed by atoms with Crippen molar-refractivity contribution >= 4 is 28.9 Å². The van der Waals surface area contributed by atoms with Crippen LogP contribution in [0, 0.1) is 13.8 Å². The highest BCUT2D eigenvalue weighted by atomic mass is 32.1. The Kier molecular flexibility index (Phi) is 5.62. The van der Waals surface area contributed by atoms with Gasteiger partial charge in [-0.25, -0.2) is 0 Å². The Morgan fingerprint density at radius 3 is 2.63 bits per heavy atom. The van der Waals surface area contributed by atoms with Crippen molar-refractivity contribution in [2.75, 3.05) is 18.4 Å². The number of aromatic nitrogens is 2. The molecule has 7 heteroatoms. The Bertz CT molecular complexity index is 489. The zero-order valence-electron chi connectivity index (χ0n) is 11.4. The van der Waals surface area contributed by atoms with Gasteiger partial charge in [0, 0.05) is 6.54 Å². The van der Waals surface area contributed by atoms with Crippen molar-refractivity contribution in [3.8, 4) is 0 Å². The second kappa shape index (κ2) is 6.98. The highest BCUT2D eigenvalue weighted by Gasteiger charge is 2.14. The first-order valence-electron chi connectivity index (χ1n) is 6.11. The van der Waals surface area contributed by atoms with Crippen molar-refractivity contribution in [2.24, 2.45) is 5.73 Å². The molecule has 1 aromatic rings. The number of carbonyl (C=O) groups is 1. The fourth-order valence-electron chi connectivity index (χ4n) is 1.52. The van der Waals surface area contributed by atoms with E-state index in [9.17, 15) is 4.79 Å². The molecule has 4 N–H and O–H groups in total. The summed E-state index contributed by atoms with van der Waals surface area (Å²) in [6.07, 6.45) is 0.896. The predicted octanol–water partition coefficient (Wildman–Crippen LogP) is 0.666. The van der Waals surface area contributed by atoms with E-state index < -0.39 is 0 Å². The van der Waals surface area contributed by atoms with Crippen LogP contribution in [0.15, 0.2) is 0 Å². The zero-order valence-corrected chi connectivity index (χ0v) is 12.2. The van der Waals surface area contributed by atoms with Gasteiger partial charge in [0.25, 0.3) is 0 Å². The molecule has 0 radical (unpaired) electrons. The molecular formula is C12H19N5OS. The summed E-state index contributed by atoms with van der Waals surface area (Å²) in [5.74, 6) is 0.345. The first kappa shape index (κ1) is 15.3. The molecule has 0 fully saturated rings. The van der Waals surface area contributed by atoms with Gasteiger partial charge in [0.05, 0.1) is 17.8 Å². The van der Waals surface area contributed by atoms with Crippen LogP contribution in [-0.2, 0) is 4.79 Å². The van der Waals surface area contributed by atoms with E-state index in [4.69, 9.17) is 18.0 Å². The zero-order chi connectivity index (χ0) is 14.4. The number of aryl methyl sites for hydroxylation is 1. The second-order valence-corrected chi connectivity index (χ2v) is 4.64. The average Bonchev–Trinajstić information content (AvgIpc) is 2.37. The molecule has 1 heterocycles. The molecule has 0 bridgehead atoms. The Balaban J connectivity index is 2.81. The molecule has 104 valence electrons. The van der Waals surface area contributed by atoms with Gasteiger partial charge in [-0.3, -0.25) is 4.79 Å². The monoisotopic (exact) mass is 281 g/mol.